The van der Waals surface area contributed by atoms with Gasteiger partial charge >= 0.3 is 0 Å². The molecule has 6 nitrogen and oxygen atoms in total. The van der Waals surface area contributed by atoms with Crippen LogP contribution >= 0.6 is 0 Å². The maximum atomic E-state index is 11.0. The molecule has 14 heavy (non-hydrogen) atoms. The van der Waals surface area contributed by atoms with Gasteiger partial charge in [-0.25, -0.2) is 13.6 Å². The molecule has 7 heteroatoms. The molecule has 1 heterocycles. The van der Waals surface area contributed by atoms with E-state index in [4.69, 9.17) is 5.14 Å². The van der Waals surface area contributed by atoms with Gasteiger partial charge in [0.1, 0.15) is 5.82 Å². The highest BCUT2D eigenvalue weighted by Gasteiger charge is 2.39. The standard InChI is InChI=1S/C7H12N4O2S/c1-4-3-5(4)6-9-10-7(11(6)2)14(8,12)13/h4-5H,3H2,1-2H3,(H2,8,12,13). The van der Waals surface area contributed by atoms with Gasteiger partial charge in [-0.1, -0.05) is 6.92 Å². The molecule has 78 valence electrons. The van der Waals surface area contributed by atoms with Crippen LogP contribution in [0, 0.1) is 5.92 Å². The third kappa shape index (κ3) is 1.42. The zero-order chi connectivity index (χ0) is 10.5. The molecule has 2 N–H and O–H groups in total. The van der Waals surface area contributed by atoms with Crippen LogP contribution in [0.15, 0.2) is 5.16 Å². The summed E-state index contributed by atoms with van der Waals surface area (Å²) in [6.07, 6.45) is 1.04. The Kier molecular flexibility index (Phi) is 1.90. The van der Waals surface area contributed by atoms with E-state index in [1.807, 2.05) is 0 Å². The highest BCUT2D eigenvalue weighted by Crippen LogP contribution is 2.45. The third-order valence-electron chi connectivity index (χ3n) is 2.56. The Labute approximate surface area is 82.2 Å². The second-order valence-electron chi connectivity index (χ2n) is 3.76. The van der Waals surface area contributed by atoms with Gasteiger partial charge in [-0.3, -0.25) is 0 Å². The zero-order valence-corrected chi connectivity index (χ0v) is 8.82. The van der Waals surface area contributed by atoms with Crippen LogP contribution in [0.5, 0.6) is 0 Å². The van der Waals surface area contributed by atoms with Gasteiger partial charge < -0.3 is 4.57 Å². The van der Waals surface area contributed by atoms with Crippen molar-refractivity contribution in [3.05, 3.63) is 5.82 Å². The lowest BCUT2D eigenvalue weighted by atomic mass is 10.3. The average molecular weight is 216 g/mol. The number of aromatic nitrogens is 3. The van der Waals surface area contributed by atoms with E-state index >= 15 is 0 Å². The van der Waals surface area contributed by atoms with Crippen LogP contribution in [0.4, 0.5) is 0 Å². The van der Waals surface area contributed by atoms with E-state index in [-0.39, 0.29) is 5.16 Å². The van der Waals surface area contributed by atoms with Crippen molar-refractivity contribution >= 4 is 10.0 Å². The first-order valence-electron chi connectivity index (χ1n) is 4.33. The van der Waals surface area contributed by atoms with Crippen molar-refractivity contribution in [2.24, 2.45) is 18.1 Å². The van der Waals surface area contributed by atoms with Gasteiger partial charge in [0.05, 0.1) is 0 Å². The van der Waals surface area contributed by atoms with E-state index in [1.165, 1.54) is 4.57 Å². The molecule has 1 aromatic rings. The third-order valence-corrected chi connectivity index (χ3v) is 3.43. The number of nitrogens with two attached hydrogens (primary N) is 1. The van der Waals surface area contributed by atoms with E-state index in [1.54, 1.807) is 7.05 Å². The number of hydrogen-bond acceptors (Lipinski definition) is 4. The number of sulfonamides is 1. The largest absolute Gasteiger partial charge is 0.304 e. The molecule has 1 aliphatic rings. The Morgan fingerprint density at radius 1 is 1.50 bits per heavy atom. The molecule has 0 radical (unpaired) electrons. The van der Waals surface area contributed by atoms with E-state index in [9.17, 15) is 8.42 Å². The maximum Gasteiger partial charge on any atom is 0.273 e. The number of hydrogen-bond donors (Lipinski definition) is 1. The van der Waals surface area contributed by atoms with E-state index in [0.29, 0.717) is 17.7 Å². The van der Waals surface area contributed by atoms with Crippen molar-refractivity contribution in [3.63, 3.8) is 0 Å². The lowest BCUT2D eigenvalue weighted by Gasteiger charge is -2.00. The Balaban J connectivity index is 2.43. The van der Waals surface area contributed by atoms with Crippen molar-refractivity contribution in [3.8, 4) is 0 Å². The molecule has 0 bridgehead atoms. The number of primary sulfonamides is 1. The summed E-state index contributed by atoms with van der Waals surface area (Å²) in [6.45, 7) is 2.09. The molecule has 0 aromatic carbocycles. The summed E-state index contributed by atoms with van der Waals surface area (Å²) in [5.74, 6) is 1.61. The predicted molar refractivity (Wildman–Crippen MR) is 48.9 cm³/mol. The topological polar surface area (TPSA) is 90.9 Å². The molecule has 1 aliphatic carbocycles. The first kappa shape index (κ1) is 9.60. The van der Waals surface area contributed by atoms with Crippen LogP contribution in [0.25, 0.3) is 0 Å². The van der Waals surface area contributed by atoms with Gasteiger partial charge in [-0.15, -0.1) is 10.2 Å². The highest BCUT2D eigenvalue weighted by molar-refractivity contribution is 7.89. The molecule has 0 spiro atoms. The fraction of sp³-hybridized carbons (Fsp3) is 0.714. The molecular weight excluding hydrogens is 204 g/mol. The van der Waals surface area contributed by atoms with Crippen LogP contribution in [0.1, 0.15) is 25.1 Å². The summed E-state index contributed by atoms with van der Waals surface area (Å²) in [5, 5.41) is 12.2. The normalized spacial score (nSPS) is 26.5. The molecule has 0 saturated heterocycles. The second kappa shape index (κ2) is 2.77. The molecule has 2 atom stereocenters. The second-order valence-corrected chi connectivity index (χ2v) is 5.22. The van der Waals surface area contributed by atoms with Crippen LogP contribution in [-0.4, -0.2) is 23.2 Å². The lowest BCUT2D eigenvalue weighted by molar-refractivity contribution is 0.577. The highest BCUT2D eigenvalue weighted by atomic mass is 32.2. The summed E-state index contributed by atoms with van der Waals surface area (Å²) in [5.41, 5.74) is 0. The Hall–Kier alpha value is -0.950. The number of rotatable bonds is 2. The van der Waals surface area contributed by atoms with E-state index < -0.39 is 10.0 Å². The van der Waals surface area contributed by atoms with Crippen LogP contribution in [0.3, 0.4) is 0 Å². The van der Waals surface area contributed by atoms with Crippen molar-refractivity contribution in [2.45, 2.75) is 24.4 Å². The molecular formula is C7H12N4O2S. The minimum Gasteiger partial charge on any atom is -0.304 e. The molecule has 0 amide bonds. The quantitative estimate of drug-likeness (QED) is 0.727. The van der Waals surface area contributed by atoms with E-state index in [2.05, 4.69) is 17.1 Å². The van der Waals surface area contributed by atoms with Gasteiger partial charge in [-0.2, -0.15) is 0 Å². The summed E-state index contributed by atoms with van der Waals surface area (Å²) in [7, 11) is -2.12. The molecule has 2 rings (SSSR count). The maximum absolute atomic E-state index is 11.0. The monoisotopic (exact) mass is 216 g/mol. The first-order valence-corrected chi connectivity index (χ1v) is 5.88. The van der Waals surface area contributed by atoms with Crippen molar-refractivity contribution in [1.29, 1.82) is 0 Å². The van der Waals surface area contributed by atoms with Crippen LogP contribution in [-0.2, 0) is 17.1 Å². The SMILES string of the molecule is CC1CC1c1nnc(S(N)(=O)=O)n1C. The average Bonchev–Trinajstić information content (AvgIpc) is 2.58. The predicted octanol–water partition coefficient (Wildman–Crippen LogP) is -0.414. The van der Waals surface area contributed by atoms with Gasteiger partial charge in [0.25, 0.3) is 15.2 Å². The van der Waals surface area contributed by atoms with Gasteiger partial charge in [0, 0.05) is 13.0 Å². The Morgan fingerprint density at radius 2 is 2.07 bits per heavy atom. The Bertz CT molecular complexity index is 464. The van der Waals surface area contributed by atoms with Gasteiger partial charge in [0.15, 0.2) is 0 Å². The number of nitrogens with zero attached hydrogens (tertiary/aromatic N) is 3. The van der Waals surface area contributed by atoms with Crippen molar-refractivity contribution < 1.29 is 8.42 Å². The minimum absolute atomic E-state index is 0.161. The van der Waals surface area contributed by atoms with Gasteiger partial charge in [0.2, 0.25) is 0 Å². The fourth-order valence-electron chi connectivity index (χ4n) is 1.58. The first-order chi connectivity index (χ1) is 6.41. The fourth-order valence-corrected chi connectivity index (χ4v) is 2.21. The lowest BCUT2D eigenvalue weighted by Crippen LogP contribution is -2.17. The van der Waals surface area contributed by atoms with Crippen LogP contribution < -0.4 is 5.14 Å². The Morgan fingerprint density at radius 3 is 2.43 bits per heavy atom. The molecule has 0 aliphatic heterocycles. The smallest absolute Gasteiger partial charge is 0.273 e. The summed E-state index contributed by atoms with van der Waals surface area (Å²) in [6, 6.07) is 0. The minimum atomic E-state index is -3.75. The van der Waals surface area contributed by atoms with Crippen molar-refractivity contribution in [1.82, 2.24) is 14.8 Å². The molecule has 2 unspecified atom stereocenters. The summed E-state index contributed by atoms with van der Waals surface area (Å²) < 4.78 is 23.6. The zero-order valence-electron chi connectivity index (χ0n) is 8.01. The summed E-state index contributed by atoms with van der Waals surface area (Å²) in [4.78, 5) is 0. The van der Waals surface area contributed by atoms with Crippen molar-refractivity contribution in [2.75, 3.05) is 0 Å². The molecule has 1 aromatic heterocycles. The van der Waals surface area contributed by atoms with Crippen LogP contribution in [0.2, 0.25) is 0 Å². The molecule has 1 fully saturated rings. The molecule has 1 saturated carbocycles. The van der Waals surface area contributed by atoms with Gasteiger partial charge in [-0.05, 0) is 12.3 Å². The van der Waals surface area contributed by atoms with E-state index in [0.717, 1.165) is 6.42 Å². The summed E-state index contributed by atoms with van der Waals surface area (Å²) >= 11 is 0.